The van der Waals surface area contributed by atoms with E-state index < -0.39 is 0 Å². The Kier molecular flexibility index (Phi) is 3.35. The number of morpholine rings is 1. The topological polar surface area (TPSA) is 15.7 Å². The monoisotopic (exact) mass is 278 g/mol. The Morgan fingerprint density at radius 1 is 1.26 bits per heavy atom. The lowest BCUT2D eigenvalue weighted by Gasteiger charge is -2.48. The molecule has 4 rings (SSSR count). The van der Waals surface area contributed by atoms with E-state index in [0.717, 1.165) is 31.7 Å². The Morgan fingerprint density at radius 3 is 3.00 bits per heavy atom. The molecule has 3 aliphatic rings. The van der Waals surface area contributed by atoms with Crippen molar-refractivity contribution >= 4 is 11.3 Å². The first-order valence-corrected chi connectivity index (χ1v) is 8.41. The van der Waals surface area contributed by atoms with Gasteiger partial charge in [-0.15, -0.1) is 0 Å². The minimum Gasteiger partial charge on any atom is -0.378 e. The number of hydrogen-bond acceptors (Lipinski definition) is 4. The zero-order valence-electron chi connectivity index (χ0n) is 11.3. The fourth-order valence-corrected chi connectivity index (χ4v) is 4.27. The van der Waals surface area contributed by atoms with Crippen LogP contribution in [0.2, 0.25) is 0 Å². The third kappa shape index (κ3) is 2.59. The third-order valence-corrected chi connectivity index (χ3v) is 5.52. The predicted octanol–water partition coefficient (Wildman–Crippen LogP) is 2.04. The summed E-state index contributed by atoms with van der Waals surface area (Å²) in [7, 11) is 0. The molecule has 0 spiro atoms. The molecule has 3 fully saturated rings. The number of hydrogen-bond donors (Lipinski definition) is 0. The first-order valence-electron chi connectivity index (χ1n) is 7.47. The Labute approximate surface area is 119 Å². The lowest BCUT2D eigenvalue weighted by atomic mass is 10.0. The smallest absolute Gasteiger partial charge is 0.0635 e. The molecule has 1 saturated carbocycles. The van der Waals surface area contributed by atoms with Gasteiger partial charge >= 0.3 is 0 Å². The SMILES string of the molecule is c1cc(CN2CCN3[C@@H](COC[C@@H]3C3CC3)C2)cs1. The molecule has 1 aromatic rings. The van der Waals surface area contributed by atoms with Gasteiger partial charge in [0.1, 0.15) is 0 Å². The highest BCUT2D eigenvalue weighted by atomic mass is 32.1. The molecule has 4 heteroatoms. The molecule has 2 aliphatic heterocycles. The molecule has 0 bridgehead atoms. The van der Waals surface area contributed by atoms with Crippen LogP contribution in [-0.2, 0) is 11.3 Å². The maximum Gasteiger partial charge on any atom is 0.0635 e. The first kappa shape index (κ1) is 12.3. The minimum absolute atomic E-state index is 0.631. The zero-order chi connectivity index (χ0) is 12.7. The number of ether oxygens (including phenoxy) is 1. The van der Waals surface area contributed by atoms with E-state index in [9.17, 15) is 0 Å². The second-order valence-corrected chi connectivity index (χ2v) is 6.98. The van der Waals surface area contributed by atoms with Gasteiger partial charge in [0, 0.05) is 38.3 Å². The molecule has 0 radical (unpaired) electrons. The summed E-state index contributed by atoms with van der Waals surface area (Å²) in [5.41, 5.74) is 1.47. The summed E-state index contributed by atoms with van der Waals surface area (Å²) in [5.74, 6) is 0.936. The van der Waals surface area contributed by atoms with Crippen LogP contribution in [0, 0.1) is 5.92 Å². The molecular weight excluding hydrogens is 256 g/mol. The summed E-state index contributed by atoms with van der Waals surface area (Å²) < 4.78 is 5.87. The molecule has 19 heavy (non-hydrogen) atoms. The molecule has 2 saturated heterocycles. The van der Waals surface area contributed by atoms with E-state index in [1.54, 1.807) is 11.3 Å². The lowest BCUT2D eigenvalue weighted by molar-refractivity contribution is -0.0879. The predicted molar refractivity (Wildman–Crippen MR) is 77.4 cm³/mol. The van der Waals surface area contributed by atoms with E-state index in [1.165, 1.54) is 38.0 Å². The van der Waals surface area contributed by atoms with Crippen LogP contribution in [0.1, 0.15) is 18.4 Å². The fourth-order valence-electron chi connectivity index (χ4n) is 3.61. The zero-order valence-corrected chi connectivity index (χ0v) is 12.1. The second-order valence-electron chi connectivity index (χ2n) is 6.20. The molecule has 2 atom stereocenters. The Bertz CT molecular complexity index is 418. The van der Waals surface area contributed by atoms with E-state index in [-0.39, 0.29) is 0 Å². The molecule has 1 aliphatic carbocycles. The first-order chi connectivity index (χ1) is 9.40. The van der Waals surface area contributed by atoms with Crippen molar-refractivity contribution in [2.75, 3.05) is 32.8 Å². The summed E-state index contributed by atoms with van der Waals surface area (Å²) in [6.07, 6.45) is 2.85. The van der Waals surface area contributed by atoms with Crippen LogP contribution in [0.25, 0.3) is 0 Å². The van der Waals surface area contributed by atoms with E-state index in [4.69, 9.17) is 4.74 Å². The molecule has 104 valence electrons. The van der Waals surface area contributed by atoms with Crippen molar-refractivity contribution in [1.29, 1.82) is 0 Å². The highest BCUT2D eigenvalue weighted by molar-refractivity contribution is 7.07. The summed E-state index contributed by atoms with van der Waals surface area (Å²) in [6.45, 7) is 6.66. The normalized spacial score (nSPS) is 33.3. The van der Waals surface area contributed by atoms with E-state index in [0.29, 0.717) is 6.04 Å². The molecule has 0 unspecified atom stereocenters. The fraction of sp³-hybridized carbons (Fsp3) is 0.733. The Hall–Kier alpha value is -0.420. The van der Waals surface area contributed by atoms with E-state index in [2.05, 4.69) is 26.6 Å². The molecule has 1 aromatic heterocycles. The summed E-state index contributed by atoms with van der Waals surface area (Å²) >= 11 is 1.80. The van der Waals surface area contributed by atoms with Crippen molar-refractivity contribution < 1.29 is 4.74 Å². The van der Waals surface area contributed by atoms with Crippen LogP contribution in [0.4, 0.5) is 0 Å². The van der Waals surface area contributed by atoms with Crippen LogP contribution in [0.15, 0.2) is 16.8 Å². The van der Waals surface area contributed by atoms with Gasteiger partial charge < -0.3 is 4.74 Å². The Balaban J connectivity index is 1.40. The largest absolute Gasteiger partial charge is 0.378 e. The van der Waals surface area contributed by atoms with Gasteiger partial charge in [-0.05, 0) is 41.1 Å². The number of fused-ring (bicyclic) bond motifs is 1. The summed E-state index contributed by atoms with van der Waals surface area (Å²) in [4.78, 5) is 5.35. The van der Waals surface area contributed by atoms with Gasteiger partial charge in [-0.25, -0.2) is 0 Å². The van der Waals surface area contributed by atoms with Crippen LogP contribution < -0.4 is 0 Å². The van der Waals surface area contributed by atoms with E-state index in [1.807, 2.05) is 0 Å². The van der Waals surface area contributed by atoms with Crippen molar-refractivity contribution in [2.24, 2.45) is 5.92 Å². The van der Waals surface area contributed by atoms with Crippen LogP contribution >= 0.6 is 11.3 Å². The summed E-state index contributed by atoms with van der Waals surface area (Å²) in [5, 5.41) is 4.45. The van der Waals surface area contributed by atoms with Gasteiger partial charge in [-0.2, -0.15) is 11.3 Å². The van der Waals surface area contributed by atoms with Gasteiger partial charge in [-0.1, -0.05) is 0 Å². The number of nitrogens with zero attached hydrogens (tertiary/aromatic N) is 2. The highest BCUT2D eigenvalue weighted by Gasteiger charge is 2.42. The van der Waals surface area contributed by atoms with Crippen molar-refractivity contribution in [3.8, 4) is 0 Å². The molecule has 0 aromatic carbocycles. The second kappa shape index (κ2) is 5.17. The lowest BCUT2D eigenvalue weighted by Crippen LogP contribution is -2.62. The van der Waals surface area contributed by atoms with Crippen molar-refractivity contribution in [2.45, 2.75) is 31.5 Å². The third-order valence-electron chi connectivity index (χ3n) is 4.79. The number of rotatable bonds is 3. The van der Waals surface area contributed by atoms with E-state index >= 15 is 0 Å². The van der Waals surface area contributed by atoms with Gasteiger partial charge in [0.25, 0.3) is 0 Å². The highest BCUT2D eigenvalue weighted by Crippen LogP contribution is 2.38. The van der Waals surface area contributed by atoms with Gasteiger partial charge in [0.15, 0.2) is 0 Å². The van der Waals surface area contributed by atoms with Gasteiger partial charge in [0.05, 0.1) is 13.2 Å². The van der Waals surface area contributed by atoms with Crippen LogP contribution in [0.5, 0.6) is 0 Å². The standard InChI is InChI=1S/C15H22N2OS/c1-2-13(1)15-10-18-9-14-8-16(4-5-17(14)15)7-12-3-6-19-11-12/h3,6,11,13-15H,1-2,4-5,7-10H2/t14-,15-/m1/s1. The van der Waals surface area contributed by atoms with Crippen LogP contribution in [0.3, 0.4) is 0 Å². The van der Waals surface area contributed by atoms with Crippen molar-refractivity contribution in [3.63, 3.8) is 0 Å². The summed E-state index contributed by atoms with van der Waals surface area (Å²) in [6, 6.07) is 3.61. The van der Waals surface area contributed by atoms with Gasteiger partial charge in [-0.3, -0.25) is 9.80 Å². The minimum atomic E-state index is 0.631. The average Bonchev–Trinajstić information content (AvgIpc) is 3.16. The molecule has 3 nitrogen and oxygen atoms in total. The van der Waals surface area contributed by atoms with Crippen LogP contribution in [-0.4, -0.2) is 54.7 Å². The molecule has 3 heterocycles. The van der Waals surface area contributed by atoms with Crippen molar-refractivity contribution in [1.82, 2.24) is 9.80 Å². The van der Waals surface area contributed by atoms with Gasteiger partial charge in [0.2, 0.25) is 0 Å². The molecule has 0 amide bonds. The maximum absolute atomic E-state index is 5.87. The van der Waals surface area contributed by atoms with Crippen molar-refractivity contribution in [3.05, 3.63) is 22.4 Å². The molecule has 0 N–H and O–H groups in total. The number of thiophene rings is 1. The number of piperazine rings is 1. The molecular formula is C15H22N2OS. The quantitative estimate of drug-likeness (QED) is 0.841. The maximum atomic E-state index is 5.87. The Morgan fingerprint density at radius 2 is 2.21 bits per heavy atom. The average molecular weight is 278 g/mol.